The molecule has 0 amide bonds. The van der Waals surface area contributed by atoms with Gasteiger partial charge in [0.25, 0.3) is 0 Å². The first-order valence-corrected chi connectivity index (χ1v) is 11.6. The first-order chi connectivity index (χ1) is 15.6. The van der Waals surface area contributed by atoms with Crippen molar-refractivity contribution in [3.05, 3.63) is 83.9 Å². The summed E-state index contributed by atoms with van der Waals surface area (Å²) in [4.78, 5) is 4.85. The molecular formula is C28H34N2O2. The van der Waals surface area contributed by atoms with E-state index in [9.17, 15) is 5.11 Å². The van der Waals surface area contributed by atoms with Gasteiger partial charge in [-0.05, 0) is 48.2 Å². The highest BCUT2D eigenvalue weighted by Gasteiger charge is 2.21. The number of β-amino-alcohol motifs (C(OH)–C–C–N with tert-alkyl or cyclic N) is 1. The van der Waals surface area contributed by atoms with E-state index in [1.807, 2.05) is 30.3 Å². The maximum Gasteiger partial charge on any atom is 0.119 e. The van der Waals surface area contributed by atoms with Crippen LogP contribution in [0.5, 0.6) is 5.75 Å². The number of aliphatic hydroxyl groups is 1. The molecule has 0 aliphatic carbocycles. The predicted molar refractivity (Wildman–Crippen MR) is 133 cm³/mol. The molecule has 1 heterocycles. The quantitative estimate of drug-likeness (QED) is 0.550. The van der Waals surface area contributed by atoms with E-state index in [1.54, 1.807) is 0 Å². The van der Waals surface area contributed by atoms with Crippen LogP contribution in [0.15, 0.2) is 72.8 Å². The molecule has 0 spiro atoms. The highest BCUT2D eigenvalue weighted by molar-refractivity contribution is 5.64. The number of hydrogen-bond donors (Lipinski definition) is 1. The highest BCUT2D eigenvalue weighted by Crippen LogP contribution is 2.26. The zero-order valence-electron chi connectivity index (χ0n) is 19.2. The van der Waals surface area contributed by atoms with Crippen molar-refractivity contribution in [2.24, 2.45) is 0 Å². The Morgan fingerprint density at radius 3 is 2.06 bits per heavy atom. The van der Waals surface area contributed by atoms with E-state index >= 15 is 0 Å². The normalized spacial score (nSPS) is 15.5. The van der Waals surface area contributed by atoms with Crippen molar-refractivity contribution >= 4 is 5.69 Å². The molecule has 32 heavy (non-hydrogen) atoms. The largest absolute Gasteiger partial charge is 0.493 e. The van der Waals surface area contributed by atoms with Gasteiger partial charge in [-0.15, -0.1) is 0 Å². The number of benzene rings is 3. The Balaban J connectivity index is 1.19. The van der Waals surface area contributed by atoms with Crippen LogP contribution in [-0.2, 0) is 0 Å². The van der Waals surface area contributed by atoms with Gasteiger partial charge >= 0.3 is 0 Å². The number of aryl methyl sites for hydroxylation is 2. The standard InChI is InChI=1S/C28H34N2O2/c1-22-7-6-8-23(2)28(22)30-18-16-29(17-19-30)21-26(31)15-20-32-27-13-11-25(12-14-27)24-9-4-3-5-10-24/h3-14,26,31H,15-21H2,1-2H3. The minimum atomic E-state index is -0.370. The molecule has 1 fully saturated rings. The lowest BCUT2D eigenvalue weighted by Gasteiger charge is -2.38. The zero-order chi connectivity index (χ0) is 22.3. The molecule has 1 aliphatic heterocycles. The summed E-state index contributed by atoms with van der Waals surface area (Å²) in [7, 11) is 0. The molecule has 1 saturated heterocycles. The van der Waals surface area contributed by atoms with E-state index in [2.05, 4.69) is 66.1 Å². The van der Waals surface area contributed by atoms with Crippen LogP contribution in [0.25, 0.3) is 11.1 Å². The molecule has 4 heteroatoms. The molecular weight excluding hydrogens is 396 g/mol. The third-order valence-corrected chi connectivity index (χ3v) is 6.28. The molecule has 4 rings (SSSR count). The average Bonchev–Trinajstić information content (AvgIpc) is 2.81. The van der Waals surface area contributed by atoms with Crippen molar-refractivity contribution in [2.75, 3.05) is 44.2 Å². The van der Waals surface area contributed by atoms with Gasteiger partial charge in [-0.25, -0.2) is 0 Å². The van der Waals surface area contributed by atoms with E-state index < -0.39 is 0 Å². The second-order valence-corrected chi connectivity index (χ2v) is 8.71. The maximum atomic E-state index is 10.5. The van der Waals surface area contributed by atoms with Crippen LogP contribution in [0.4, 0.5) is 5.69 Å². The summed E-state index contributed by atoms with van der Waals surface area (Å²) >= 11 is 0. The molecule has 4 nitrogen and oxygen atoms in total. The van der Waals surface area contributed by atoms with Gasteiger partial charge in [-0.3, -0.25) is 4.90 Å². The fourth-order valence-electron chi connectivity index (χ4n) is 4.53. The van der Waals surface area contributed by atoms with Crippen molar-refractivity contribution in [3.8, 4) is 16.9 Å². The van der Waals surface area contributed by atoms with Crippen LogP contribution in [0.3, 0.4) is 0 Å². The average molecular weight is 431 g/mol. The van der Waals surface area contributed by atoms with Crippen molar-refractivity contribution in [3.63, 3.8) is 0 Å². The summed E-state index contributed by atoms with van der Waals surface area (Å²) in [6, 6.07) is 25.0. The number of aliphatic hydroxyl groups excluding tert-OH is 1. The maximum absolute atomic E-state index is 10.5. The fraction of sp³-hybridized carbons (Fsp3) is 0.357. The highest BCUT2D eigenvalue weighted by atomic mass is 16.5. The van der Waals surface area contributed by atoms with Crippen molar-refractivity contribution < 1.29 is 9.84 Å². The number of para-hydroxylation sites is 1. The Labute approximate surface area is 192 Å². The summed E-state index contributed by atoms with van der Waals surface area (Å²) in [6.45, 7) is 9.57. The van der Waals surface area contributed by atoms with Crippen LogP contribution in [0, 0.1) is 13.8 Å². The summed E-state index contributed by atoms with van der Waals surface area (Å²) in [5.74, 6) is 0.846. The lowest BCUT2D eigenvalue weighted by molar-refractivity contribution is 0.0885. The van der Waals surface area contributed by atoms with Gasteiger partial charge in [0.05, 0.1) is 12.7 Å². The van der Waals surface area contributed by atoms with Crippen molar-refractivity contribution in [1.82, 2.24) is 4.90 Å². The molecule has 0 saturated carbocycles. The van der Waals surface area contributed by atoms with Gasteiger partial charge in [-0.2, -0.15) is 0 Å². The molecule has 3 aromatic rings. The van der Waals surface area contributed by atoms with E-state index in [0.717, 1.165) is 31.9 Å². The molecule has 1 aliphatic rings. The lowest BCUT2D eigenvalue weighted by Crippen LogP contribution is -2.49. The number of anilines is 1. The Bertz CT molecular complexity index is 960. The molecule has 168 valence electrons. The number of piperazine rings is 1. The predicted octanol–water partition coefficient (Wildman–Crippen LogP) is 4.92. The molecule has 1 N–H and O–H groups in total. The van der Waals surface area contributed by atoms with Crippen molar-refractivity contribution in [2.45, 2.75) is 26.4 Å². The number of ether oxygens (including phenoxy) is 1. The Kier molecular flexibility index (Phi) is 7.46. The minimum absolute atomic E-state index is 0.370. The number of nitrogens with zero attached hydrogens (tertiary/aromatic N) is 2. The molecule has 1 atom stereocenters. The number of rotatable bonds is 8. The van der Waals surface area contributed by atoms with Crippen LogP contribution in [0.2, 0.25) is 0 Å². The van der Waals surface area contributed by atoms with Crippen LogP contribution < -0.4 is 9.64 Å². The van der Waals surface area contributed by atoms with E-state index in [0.29, 0.717) is 19.6 Å². The van der Waals surface area contributed by atoms with E-state index in [-0.39, 0.29) is 6.10 Å². The fourth-order valence-corrected chi connectivity index (χ4v) is 4.53. The number of hydrogen-bond acceptors (Lipinski definition) is 4. The lowest BCUT2D eigenvalue weighted by atomic mass is 10.1. The van der Waals surface area contributed by atoms with Gasteiger partial charge in [0.1, 0.15) is 5.75 Å². The first kappa shape index (κ1) is 22.4. The molecule has 3 aromatic carbocycles. The Hall–Kier alpha value is -2.82. The molecule has 1 unspecified atom stereocenters. The SMILES string of the molecule is Cc1cccc(C)c1N1CCN(CC(O)CCOc2ccc(-c3ccccc3)cc2)CC1. The third-order valence-electron chi connectivity index (χ3n) is 6.28. The summed E-state index contributed by atoms with van der Waals surface area (Å²) in [5.41, 5.74) is 6.43. The van der Waals surface area contributed by atoms with Crippen LogP contribution in [-0.4, -0.2) is 55.4 Å². The van der Waals surface area contributed by atoms with Gasteiger partial charge in [-0.1, -0.05) is 60.7 Å². The Morgan fingerprint density at radius 2 is 1.41 bits per heavy atom. The topological polar surface area (TPSA) is 35.9 Å². The van der Waals surface area contributed by atoms with Crippen LogP contribution >= 0.6 is 0 Å². The van der Waals surface area contributed by atoms with E-state index in [4.69, 9.17) is 4.74 Å². The third kappa shape index (κ3) is 5.70. The first-order valence-electron chi connectivity index (χ1n) is 11.6. The second-order valence-electron chi connectivity index (χ2n) is 8.71. The smallest absolute Gasteiger partial charge is 0.119 e. The van der Waals surface area contributed by atoms with Gasteiger partial charge < -0.3 is 14.7 Å². The molecule has 0 aromatic heterocycles. The summed E-state index contributed by atoms with van der Waals surface area (Å²) in [5, 5.41) is 10.5. The summed E-state index contributed by atoms with van der Waals surface area (Å²) < 4.78 is 5.87. The van der Waals surface area contributed by atoms with Gasteiger partial charge in [0, 0.05) is 44.8 Å². The molecule has 0 bridgehead atoms. The zero-order valence-corrected chi connectivity index (χ0v) is 19.2. The minimum Gasteiger partial charge on any atom is -0.493 e. The van der Waals surface area contributed by atoms with Gasteiger partial charge in [0.2, 0.25) is 0 Å². The van der Waals surface area contributed by atoms with Crippen LogP contribution in [0.1, 0.15) is 17.5 Å². The Morgan fingerprint density at radius 1 is 0.781 bits per heavy atom. The second kappa shape index (κ2) is 10.7. The van der Waals surface area contributed by atoms with E-state index in [1.165, 1.54) is 27.9 Å². The monoisotopic (exact) mass is 430 g/mol. The molecule has 0 radical (unpaired) electrons. The summed E-state index contributed by atoms with van der Waals surface area (Å²) in [6.07, 6.45) is 0.266. The van der Waals surface area contributed by atoms with Gasteiger partial charge in [0.15, 0.2) is 0 Å². The van der Waals surface area contributed by atoms with Crippen molar-refractivity contribution in [1.29, 1.82) is 0 Å².